The van der Waals surface area contributed by atoms with E-state index in [1.807, 2.05) is 6.07 Å². The summed E-state index contributed by atoms with van der Waals surface area (Å²) in [4.78, 5) is 0. The highest BCUT2D eigenvalue weighted by molar-refractivity contribution is 5.26. The van der Waals surface area contributed by atoms with E-state index in [4.69, 9.17) is 0 Å². The van der Waals surface area contributed by atoms with Crippen LogP contribution < -0.4 is 5.32 Å². The van der Waals surface area contributed by atoms with Crippen molar-refractivity contribution in [3.63, 3.8) is 0 Å². The van der Waals surface area contributed by atoms with Gasteiger partial charge in [-0.1, -0.05) is 49.7 Å². The van der Waals surface area contributed by atoms with Crippen LogP contribution in [0.5, 0.6) is 0 Å². The molecule has 0 saturated carbocycles. The lowest BCUT2D eigenvalue weighted by molar-refractivity contribution is 0.492. The molecule has 0 amide bonds. The van der Waals surface area contributed by atoms with Crippen LogP contribution in [0.15, 0.2) is 48.5 Å². The maximum Gasteiger partial charge on any atom is 0.123 e. The van der Waals surface area contributed by atoms with E-state index in [2.05, 4.69) is 50.4 Å². The number of rotatable bonds is 6. The second-order valence-corrected chi connectivity index (χ2v) is 5.66. The first kappa shape index (κ1) is 15.7. The third-order valence-electron chi connectivity index (χ3n) is 3.87. The van der Waals surface area contributed by atoms with Gasteiger partial charge in [0.25, 0.3) is 0 Å². The van der Waals surface area contributed by atoms with Gasteiger partial charge in [-0.05, 0) is 49.1 Å². The van der Waals surface area contributed by atoms with Crippen molar-refractivity contribution in [2.24, 2.45) is 0 Å². The first-order valence-corrected chi connectivity index (χ1v) is 7.70. The third-order valence-corrected chi connectivity index (χ3v) is 3.87. The van der Waals surface area contributed by atoms with Crippen molar-refractivity contribution in [3.8, 4) is 0 Å². The monoisotopic (exact) mass is 285 g/mol. The smallest absolute Gasteiger partial charge is 0.123 e. The molecule has 2 atom stereocenters. The summed E-state index contributed by atoms with van der Waals surface area (Å²) in [5.41, 5.74) is 3.62. The molecule has 0 aliphatic rings. The minimum Gasteiger partial charge on any atom is -0.304 e. The standard InChI is InChI=1S/C19H24FN/c1-4-6-16-9-11-17(12-10-16)14(2)21-15(3)18-7-5-8-19(20)13-18/h5,7-15,21H,4,6H2,1-3H3/t14?,15-/m0/s1. The highest BCUT2D eigenvalue weighted by atomic mass is 19.1. The van der Waals surface area contributed by atoms with Gasteiger partial charge in [-0.3, -0.25) is 0 Å². The van der Waals surface area contributed by atoms with Crippen molar-refractivity contribution in [1.29, 1.82) is 0 Å². The zero-order chi connectivity index (χ0) is 15.2. The maximum absolute atomic E-state index is 13.3. The normalized spacial score (nSPS) is 13.9. The first-order chi connectivity index (χ1) is 10.1. The summed E-state index contributed by atoms with van der Waals surface area (Å²) in [7, 11) is 0. The van der Waals surface area contributed by atoms with Crippen LogP contribution in [0.3, 0.4) is 0 Å². The van der Waals surface area contributed by atoms with Crippen LogP contribution in [0.4, 0.5) is 4.39 Å². The second-order valence-electron chi connectivity index (χ2n) is 5.66. The van der Waals surface area contributed by atoms with Crippen LogP contribution in [-0.4, -0.2) is 0 Å². The van der Waals surface area contributed by atoms with Crippen LogP contribution in [0.25, 0.3) is 0 Å². The molecule has 1 N–H and O–H groups in total. The summed E-state index contributed by atoms with van der Waals surface area (Å²) in [6.45, 7) is 6.40. The number of hydrogen-bond donors (Lipinski definition) is 1. The molecule has 0 fully saturated rings. The van der Waals surface area contributed by atoms with Gasteiger partial charge in [0.1, 0.15) is 5.82 Å². The van der Waals surface area contributed by atoms with E-state index >= 15 is 0 Å². The van der Waals surface area contributed by atoms with E-state index in [-0.39, 0.29) is 17.9 Å². The predicted octanol–water partition coefficient (Wildman–Crippen LogP) is 5.19. The molecule has 21 heavy (non-hydrogen) atoms. The van der Waals surface area contributed by atoms with Crippen molar-refractivity contribution >= 4 is 0 Å². The zero-order valence-corrected chi connectivity index (χ0v) is 13.1. The van der Waals surface area contributed by atoms with Crippen molar-refractivity contribution in [2.45, 2.75) is 45.7 Å². The Morgan fingerprint density at radius 1 is 0.952 bits per heavy atom. The fraction of sp³-hybridized carbons (Fsp3) is 0.368. The SMILES string of the molecule is CCCc1ccc(C(C)N[C@@H](C)c2cccc(F)c2)cc1. The predicted molar refractivity (Wildman–Crippen MR) is 86.8 cm³/mol. The topological polar surface area (TPSA) is 12.0 Å². The molecule has 112 valence electrons. The van der Waals surface area contributed by atoms with E-state index in [1.54, 1.807) is 12.1 Å². The summed E-state index contributed by atoms with van der Waals surface area (Å²) < 4.78 is 13.3. The highest BCUT2D eigenvalue weighted by Gasteiger charge is 2.11. The summed E-state index contributed by atoms with van der Waals surface area (Å²) in [5.74, 6) is -0.183. The molecule has 2 heteroatoms. The molecule has 2 rings (SSSR count). The molecule has 1 nitrogen and oxygen atoms in total. The van der Waals surface area contributed by atoms with E-state index in [0.29, 0.717) is 0 Å². The minimum absolute atomic E-state index is 0.117. The van der Waals surface area contributed by atoms with Gasteiger partial charge in [-0.15, -0.1) is 0 Å². The van der Waals surface area contributed by atoms with Gasteiger partial charge in [-0.2, -0.15) is 0 Å². The molecular formula is C19H24FN. The van der Waals surface area contributed by atoms with E-state index < -0.39 is 0 Å². The summed E-state index contributed by atoms with van der Waals surface area (Å²) >= 11 is 0. The van der Waals surface area contributed by atoms with Crippen LogP contribution in [0, 0.1) is 5.82 Å². The average Bonchev–Trinajstić information content (AvgIpc) is 2.48. The van der Waals surface area contributed by atoms with E-state index in [9.17, 15) is 4.39 Å². The Bertz CT molecular complexity index is 562. The lowest BCUT2D eigenvalue weighted by Crippen LogP contribution is -2.22. The summed E-state index contributed by atoms with van der Waals surface area (Å²) in [5, 5.41) is 3.52. The number of aryl methyl sites for hydroxylation is 1. The van der Waals surface area contributed by atoms with Crippen molar-refractivity contribution < 1.29 is 4.39 Å². The molecule has 2 aromatic carbocycles. The molecule has 0 saturated heterocycles. The zero-order valence-electron chi connectivity index (χ0n) is 13.1. The summed E-state index contributed by atoms with van der Waals surface area (Å²) in [6, 6.07) is 15.9. The van der Waals surface area contributed by atoms with Gasteiger partial charge in [0, 0.05) is 12.1 Å². The second kappa shape index (κ2) is 7.37. The molecule has 2 aromatic rings. The van der Waals surface area contributed by atoms with E-state index in [1.165, 1.54) is 23.6 Å². The molecule has 0 aliphatic heterocycles. The fourth-order valence-electron chi connectivity index (χ4n) is 2.61. The third kappa shape index (κ3) is 4.40. The first-order valence-electron chi connectivity index (χ1n) is 7.70. The molecule has 0 heterocycles. The van der Waals surface area contributed by atoms with Gasteiger partial charge in [0.2, 0.25) is 0 Å². The van der Waals surface area contributed by atoms with E-state index in [0.717, 1.165) is 12.0 Å². The number of halogens is 1. The van der Waals surface area contributed by atoms with Crippen LogP contribution in [0.2, 0.25) is 0 Å². The molecule has 0 radical (unpaired) electrons. The van der Waals surface area contributed by atoms with Gasteiger partial charge in [-0.25, -0.2) is 4.39 Å². The van der Waals surface area contributed by atoms with Crippen molar-refractivity contribution in [2.75, 3.05) is 0 Å². The molecule has 1 unspecified atom stereocenters. The molecule has 0 spiro atoms. The lowest BCUT2D eigenvalue weighted by atomic mass is 10.0. The number of nitrogens with one attached hydrogen (secondary N) is 1. The highest BCUT2D eigenvalue weighted by Crippen LogP contribution is 2.20. The Hall–Kier alpha value is -1.67. The number of hydrogen-bond acceptors (Lipinski definition) is 1. The Morgan fingerprint density at radius 3 is 2.24 bits per heavy atom. The Labute approximate surface area is 127 Å². The van der Waals surface area contributed by atoms with Crippen LogP contribution in [-0.2, 0) is 6.42 Å². The summed E-state index contributed by atoms with van der Waals surface area (Å²) in [6.07, 6.45) is 2.30. The van der Waals surface area contributed by atoms with Crippen LogP contribution >= 0.6 is 0 Å². The Kier molecular flexibility index (Phi) is 5.51. The molecule has 0 aliphatic carbocycles. The van der Waals surface area contributed by atoms with Gasteiger partial charge in [0.15, 0.2) is 0 Å². The van der Waals surface area contributed by atoms with Crippen molar-refractivity contribution in [1.82, 2.24) is 5.32 Å². The van der Waals surface area contributed by atoms with Gasteiger partial charge < -0.3 is 5.32 Å². The minimum atomic E-state index is -0.183. The van der Waals surface area contributed by atoms with Crippen molar-refractivity contribution in [3.05, 3.63) is 71.0 Å². The average molecular weight is 285 g/mol. The Morgan fingerprint density at radius 2 is 1.62 bits per heavy atom. The fourth-order valence-corrected chi connectivity index (χ4v) is 2.61. The molecule has 0 bridgehead atoms. The van der Waals surface area contributed by atoms with Gasteiger partial charge in [0.05, 0.1) is 0 Å². The quantitative estimate of drug-likeness (QED) is 0.770. The largest absolute Gasteiger partial charge is 0.304 e. The molecule has 0 aromatic heterocycles. The Balaban J connectivity index is 2.01. The number of benzene rings is 2. The van der Waals surface area contributed by atoms with Gasteiger partial charge >= 0.3 is 0 Å². The molecular weight excluding hydrogens is 261 g/mol. The maximum atomic E-state index is 13.3. The van der Waals surface area contributed by atoms with Crippen LogP contribution in [0.1, 0.15) is 56.0 Å². The lowest BCUT2D eigenvalue weighted by Gasteiger charge is -2.21.